The summed E-state index contributed by atoms with van der Waals surface area (Å²) < 4.78 is 44.7. The van der Waals surface area contributed by atoms with Gasteiger partial charge in [-0.05, 0) is 18.2 Å². The van der Waals surface area contributed by atoms with Crippen LogP contribution in [0.15, 0.2) is 58.3 Å². The van der Waals surface area contributed by atoms with E-state index in [-0.39, 0.29) is 35.9 Å². The number of allylic oxidation sites excluding steroid dienone is 1. The lowest BCUT2D eigenvalue weighted by Gasteiger charge is -2.33. The van der Waals surface area contributed by atoms with E-state index < -0.39 is 42.6 Å². The Kier molecular flexibility index (Phi) is 7.07. The van der Waals surface area contributed by atoms with Crippen molar-refractivity contribution in [3.8, 4) is 0 Å². The van der Waals surface area contributed by atoms with Crippen LogP contribution in [0.3, 0.4) is 0 Å². The van der Waals surface area contributed by atoms with Gasteiger partial charge in [0.1, 0.15) is 30.5 Å². The van der Waals surface area contributed by atoms with Gasteiger partial charge in [-0.25, -0.2) is 14.2 Å². The minimum absolute atomic E-state index is 0.0378. The molecule has 3 N–H and O–H groups in total. The summed E-state index contributed by atoms with van der Waals surface area (Å²) >= 11 is 7.70. The monoisotopic (exact) mass is 580 g/mol. The molecule has 204 valence electrons. The number of cyclic esters (lactones) is 1. The number of fused-ring (bicyclic) bond motifs is 1. The average Bonchev–Trinajstić information content (AvgIpc) is 3.59. The van der Waals surface area contributed by atoms with Crippen LogP contribution in [0.25, 0.3) is 0 Å². The Morgan fingerprint density at radius 1 is 1.44 bits per heavy atom. The van der Waals surface area contributed by atoms with Crippen molar-refractivity contribution in [2.45, 2.75) is 24.6 Å². The zero-order chi connectivity index (χ0) is 27.9. The van der Waals surface area contributed by atoms with Gasteiger partial charge in [0.2, 0.25) is 0 Å². The van der Waals surface area contributed by atoms with E-state index in [4.69, 9.17) is 26.7 Å². The summed E-state index contributed by atoms with van der Waals surface area (Å²) in [5, 5.41) is 22.4. The molecule has 2 saturated heterocycles. The number of benzene rings is 1. The summed E-state index contributed by atoms with van der Waals surface area (Å²) in [6.07, 6.45) is 2.92. The first kappa shape index (κ1) is 26.7. The van der Waals surface area contributed by atoms with E-state index in [0.29, 0.717) is 22.1 Å². The number of amides is 1. The number of nitrogens with zero attached hydrogens (tertiary/aromatic N) is 4. The predicted octanol–water partition coefficient (Wildman–Crippen LogP) is 4.02. The van der Waals surface area contributed by atoms with Crippen LogP contribution in [0.1, 0.15) is 23.0 Å². The van der Waals surface area contributed by atoms with Crippen molar-refractivity contribution in [1.29, 1.82) is 5.41 Å². The molecule has 2 atom stereocenters. The second kappa shape index (κ2) is 10.3. The number of alkyl halides is 2. The highest BCUT2D eigenvalue weighted by atomic mass is 35.5. The number of carbonyl (C=O) groups is 2. The lowest BCUT2D eigenvalue weighted by Crippen LogP contribution is -2.51. The molecular formula is C24H20ClF3N6O4S. The molecule has 10 nitrogen and oxygen atoms in total. The lowest BCUT2D eigenvalue weighted by molar-refractivity contribution is -0.138. The molecule has 39 heavy (non-hydrogen) atoms. The number of hydrogen-bond donors (Lipinski definition) is 3. The molecule has 5 rings (SSSR count). The Hall–Kier alpha value is -3.91. The third-order valence-electron chi connectivity index (χ3n) is 6.56. The molecule has 3 aliphatic rings. The predicted molar refractivity (Wildman–Crippen MR) is 136 cm³/mol. The van der Waals surface area contributed by atoms with Crippen LogP contribution >= 0.6 is 22.9 Å². The number of carboxylic acid groups (broad SMARTS) is 1. The SMILES string of the molecule is N=C(/C=C\NC(F)F)C1=C2C[C@]3(COC(=O)N3CC(=O)O)CN2C(c2nccs2)=N[C@H]1c1ccc(F)cc1Cl. The zero-order valence-electron chi connectivity index (χ0n) is 19.9. The number of aliphatic carboxylic acids is 1. The Balaban J connectivity index is 1.69. The maximum Gasteiger partial charge on any atom is 0.411 e. The molecule has 15 heteroatoms. The summed E-state index contributed by atoms with van der Waals surface area (Å²) in [6.45, 7) is -3.50. The van der Waals surface area contributed by atoms with E-state index in [9.17, 15) is 27.9 Å². The topological polar surface area (TPSA) is 131 Å². The number of hydrogen-bond acceptors (Lipinski definition) is 9. The smallest absolute Gasteiger partial charge is 0.411 e. The maximum absolute atomic E-state index is 13.9. The largest absolute Gasteiger partial charge is 0.480 e. The quantitative estimate of drug-likeness (QED) is 0.317. The Morgan fingerprint density at radius 2 is 2.23 bits per heavy atom. The number of carboxylic acids is 1. The molecule has 0 unspecified atom stereocenters. The fourth-order valence-electron chi connectivity index (χ4n) is 4.95. The maximum atomic E-state index is 13.9. The van der Waals surface area contributed by atoms with Crippen molar-refractivity contribution in [1.82, 2.24) is 20.1 Å². The Bertz CT molecular complexity index is 1430. The summed E-state index contributed by atoms with van der Waals surface area (Å²) in [6, 6.07) is 2.77. The molecular weight excluding hydrogens is 561 g/mol. The summed E-state index contributed by atoms with van der Waals surface area (Å²) in [4.78, 5) is 36.2. The number of nitrogens with one attached hydrogen (secondary N) is 2. The van der Waals surface area contributed by atoms with E-state index in [1.54, 1.807) is 16.5 Å². The second-order valence-electron chi connectivity index (χ2n) is 8.95. The third-order valence-corrected chi connectivity index (χ3v) is 7.66. The number of rotatable bonds is 8. The molecule has 4 heterocycles. The molecule has 2 aromatic rings. The van der Waals surface area contributed by atoms with Crippen LogP contribution < -0.4 is 5.32 Å². The van der Waals surface area contributed by atoms with Gasteiger partial charge in [-0.15, -0.1) is 11.3 Å². The van der Waals surface area contributed by atoms with E-state index in [0.717, 1.165) is 23.2 Å². The van der Waals surface area contributed by atoms with Crippen LogP contribution in [-0.2, 0) is 9.53 Å². The highest BCUT2D eigenvalue weighted by Crippen LogP contribution is 2.47. The summed E-state index contributed by atoms with van der Waals surface area (Å²) in [7, 11) is 0. The molecule has 3 aliphatic heterocycles. The number of aromatic nitrogens is 1. The Morgan fingerprint density at radius 3 is 2.90 bits per heavy atom. The zero-order valence-corrected chi connectivity index (χ0v) is 21.5. The van der Waals surface area contributed by atoms with Crippen LogP contribution in [-0.4, -0.2) is 75.3 Å². The molecule has 0 bridgehead atoms. The fourth-order valence-corrected chi connectivity index (χ4v) is 5.86. The van der Waals surface area contributed by atoms with Gasteiger partial charge in [0.15, 0.2) is 10.8 Å². The van der Waals surface area contributed by atoms with Gasteiger partial charge in [0.05, 0.1) is 12.3 Å². The van der Waals surface area contributed by atoms with Gasteiger partial charge in [-0.2, -0.15) is 8.78 Å². The van der Waals surface area contributed by atoms with Crippen LogP contribution in [0.2, 0.25) is 5.02 Å². The number of thiazole rings is 1. The van der Waals surface area contributed by atoms with Gasteiger partial charge < -0.3 is 25.5 Å². The Labute approximate surface area is 228 Å². The average molecular weight is 581 g/mol. The van der Waals surface area contributed by atoms with Crippen molar-refractivity contribution in [3.63, 3.8) is 0 Å². The number of ether oxygens (including phenoxy) is 1. The molecule has 0 radical (unpaired) electrons. The van der Waals surface area contributed by atoms with E-state index in [1.807, 2.05) is 5.32 Å². The minimum Gasteiger partial charge on any atom is -0.480 e. The highest BCUT2D eigenvalue weighted by molar-refractivity contribution is 7.11. The molecule has 1 amide bonds. The summed E-state index contributed by atoms with van der Waals surface area (Å²) in [5.41, 5.74) is -0.191. The minimum atomic E-state index is -2.85. The van der Waals surface area contributed by atoms with Crippen LogP contribution in [0, 0.1) is 11.2 Å². The van der Waals surface area contributed by atoms with Crippen molar-refractivity contribution in [2.75, 3.05) is 19.7 Å². The lowest BCUT2D eigenvalue weighted by atomic mass is 9.89. The second-order valence-corrected chi connectivity index (χ2v) is 10.3. The van der Waals surface area contributed by atoms with Crippen molar-refractivity contribution < 1.29 is 32.6 Å². The normalized spacial score (nSPS) is 22.6. The molecule has 2 fully saturated rings. The van der Waals surface area contributed by atoms with Gasteiger partial charge in [-0.3, -0.25) is 14.7 Å². The molecule has 1 spiro atoms. The molecule has 0 aliphatic carbocycles. The highest BCUT2D eigenvalue weighted by Gasteiger charge is 2.56. The van der Waals surface area contributed by atoms with Crippen LogP contribution in [0.5, 0.6) is 0 Å². The fraction of sp³-hybridized carbons (Fsp3) is 0.292. The molecule has 0 saturated carbocycles. The van der Waals surface area contributed by atoms with Gasteiger partial charge >= 0.3 is 18.6 Å². The van der Waals surface area contributed by atoms with Gasteiger partial charge in [0.25, 0.3) is 0 Å². The van der Waals surface area contributed by atoms with Crippen molar-refractivity contribution in [3.05, 3.63) is 74.7 Å². The van der Waals surface area contributed by atoms with E-state index in [2.05, 4.69) is 4.98 Å². The van der Waals surface area contributed by atoms with Crippen LogP contribution in [0.4, 0.5) is 18.0 Å². The first-order valence-electron chi connectivity index (χ1n) is 11.5. The van der Waals surface area contributed by atoms with Gasteiger partial charge in [0, 0.05) is 46.1 Å². The van der Waals surface area contributed by atoms with E-state index in [1.165, 1.54) is 23.5 Å². The number of carbonyl (C=O) groups excluding carboxylic acids is 1. The molecule has 1 aromatic heterocycles. The van der Waals surface area contributed by atoms with Crippen molar-refractivity contribution in [2.24, 2.45) is 4.99 Å². The third kappa shape index (κ3) is 4.96. The summed E-state index contributed by atoms with van der Waals surface area (Å²) in [5.74, 6) is -1.43. The number of halogens is 4. The van der Waals surface area contributed by atoms with E-state index >= 15 is 0 Å². The standard InChI is InChI=1S/C24H20ClF3N6O4S/c25-14-7-12(26)1-2-13(14)19-18(15(29)3-4-31-22(27)28)16-8-24(11-38-23(37)34(24)9-17(35)36)10-33(16)20(32-19)21-30-5-6-39-21/h1-7,19,22,29,31H,8-11H2,(H,35,36)/b4-3-,29-15?/t19-,24+/m0/s1. The van der Waals surface area contributed by atoms with Gasteiger partial charge in [-0.1, -0.05) is 17.7 Å². The molecule has 1 aromatic carbocycles. The first-order valence-corrected chi connectivity index (χ1v) is 12.7. The van der Waals surface area contributed by atoms with Crippen molar-refractivity contribution >= 4 is 46.5 Å². The number of amidine groups is 1. The number of aliphatic imine (C=N–C) groups is 1. The first-order chi connectivity index (χ1) is 18.6.